The van der Waals surface area contributed by atoms with Crippen molar-refractivity contribution in [2.45, 2.75) is 18.3 Å². The van der Waals surface area contributed by atoms with Gasteiger partial charge < -0.3 is 30.8 Å². The molecule has 0 radical (unpaired) electrons. The van der Waals surface area contributed by atoms with Crippen molar-refractivity contribution in [3.8, 4) is 5.75 Å². The first-order chi connectivity index (χ1) is 8.04. The lowest BCUT2D eigenvalue weighted by Gasteiger charge is -2.22. The van der Waals surface area contributed by atoms with E-state index in [0.29, 0.717) is 5.69 Å². The monoisotopic (exact) mass is 243 g/mol. The number of aliphatic hydroxyl groups is 4. The predicted molar refractivity (Wildman–Crippen MR) is 61.7 cm³/mol. The number of phenols is 1. The van der Waals surface area contributed by atoms with Crippen LogP contribution in [0.1, 0.15) is 0 Å². The quantitative estimate of drug-likeness (QED) is 0.377. The summed E-state index contributed by atoms with van der Waals surface area (Å²) in [4.78, 5) is 0. The number of hydrogen-bond donors (Lipinski definition) is 6. The minimum absolute atomic E-state index is 0.0122. The average Bonchev–Trinajstić information content (AvgIpc) is 2.34. The smallest absolute Gasteiger partial charge is 0.117 e. The van der Waals surface area contributed by atoms with Gasteiger partial charge >= 0.3 is 0 Å². The Kier molecular flexibility index (Phi) is 5.17. The van der Waals surface area contributed by atoms with Crippen molar-refractivity contribution in [3.05, 3.63) is 24.3 Å². The zero-order chi connectivity index (χ0) is 12.8. The van der Waals surface area contributed by atoms with Crippen LogP contribution in [0.15, 0.2) is 24.3 Å². The molecule has 3 atom stereocenters. The molecule has 0 aliphatic rings. The molecular formula is C11H17NO5. The van der Waals surface area contributed by atoms with E-state index >= 15 is 0 Å². The molecule has 6 N–H and O–H groups in total. The summed E-state index contributed by atoms with van der Waals surface area (Å²) in [5.41, 5.74) is 0.578. The van der Waals surface area contributed by atoms with Crippen molar-refractivity contribution in [3.63, 3.8) is 0 Å². The highest BCUT2D eigenvalue weighted by Crippen LogP contribution is 2.15. The first kappa shape index (κ1) is 13.7. The third-order valence-corrected chi connectivity index (χ3v) is 2.34. The van der Waals surface area contributed by atoms with Gasteiger partial charge in [0, 0.05) is 18.3 Å². The molecule has 1 aromatic rings. The fourth-order valence-electron chi connectivity index (χ4n) is 1.32. The van der Waals surface area contributed by atoms with E-state index in [4.69, 9.17) is 10.2 Å². The molecule has 0 saturated heterocycles. The van der Waals surface area contributed by atoms with Crippen molar-refractivity contribution in [1.29, 1.82) is 0 Å². The minimum Gasteiger partial charge on any atom is -0.508 e. The van der Waals surface area contributed by atoms with E-state index in [9.17, 15) is 15.3 Å². The van der Waals surface area contributed by atoms with Crippen molar-refractivity contribution in [1.82, 2.24) is 0 Å². The highest BCUT2D eigenvalue weighted by atomic mass is 16.4. The fourth-order valence-corrected chi connectivity index (χ4v) is 1.32. The van der Waals surface area contributed by atoms with Gasteiger partial charge in [-0.3, -0.25) is 0 Å². The standard InChI is InChI=1S/C11H17NO5/c13-6-10(16)11(17)9(15)5-12-7-2-1-3-8(14)4-7/h1-4,9-17H,5-6H2/t9-,10+,11-/m1/s1. The number of nitrogens with one attached hydrogen (secondary N) is 1. The molecular weight excluding hydrogens is 226 g/mol. The molecule has 0 unspecified atom stereocenters. The Bertz CT molecular complexity index is 346. The van der Waals surface area contributed by atoms with Crippen LogP contribution in [0.3, 0.4) is 0 Å². The maximum Gasteiger partial charge on any atom is 0.117 e. The molecule has 6 nitrogen and oxygen atoms in total. The summed E-state index contributed by atoms with van der Waals surface area (Å²) in [5, 5.41) is 48.6. The van der Waals surface area contributed by atoms with Crippen LogP contribution in [-0.4, -0.2) is 57.0 Å². The predicted octanol–water partition coefficient (Wildman–Crippen LogP) is -1.12. The summed E-state index contributed by atoms with van der Waals surface area (Å²) in [7, 11) is 0. The molecule has 0 saturated carbocycles. The Hall–Kier alpha value is -1.34. The molecule has 96 valence electrons. The third kappa shape index (κ3) is 4.20. The zero-order valence-corrected chi connectivity index (χ0v) is 9.19. The molecule has 0 spiro atoms. The highest BCUT2D eigenvalue weighted by molar-refractivity contribution is 5.47. The van der Waals surface area contributed by atoms with E-state index in [1.54, 1.807) is 12.1 Å². The van der Waals surface area contributed by atoms with Crippen molar-refractivity contribution in [2.75, 3.05) is 18.5 Å². The summed E-state index contributed by atoms with van der Waals surface area (Å²) >= 11 is 0. The van der Waals surface area contributed by atoms with Crippen molar-refractivity contribution in [2.24, 2.45) is 0 Å². The van der Waals surface area contributed by atoms with Crippen LogP contribution < -0.4 is 5.32 Å². The lowest BCUT2D eigenvalue weighted by atomic mass is 10.1. The summed E-state index contributed by atoms with van der Waals surface area (Å²) in [6.45, 7) is -0.633. The average molecular weight is 243 g/mol. The molecule has 0 aromatic heterocycles. The molecule has 0 fully saturated rings. The number of phenolic OH excluding ortho intramolecular Hbond substituents is 1. The van der Waals surface area contributed by atoms with Crippen LogP contribution >= 0.6 is 0 Å². The molecule has 0 aliphatic heterocycles. The normalized spacial score (nSPS) is 16.2. The van der Waals surface area contributed by atoms with Crippen LogP contribution in [0.2, 0.25) is 0 Å². The molecule has 0 bridgehead atoms. The Balaban J connectivity index is 2.45. The van der Waals surface area contributed by atoms with Gasteiger partial charge in [0.05, 0.1) is 12.7 Å². The van der Waals surface area contributed by atoms with Crippen LogP contribution in [-0.2, 0) is 0 Å². The van der Waals surface area contributed by atoms with Gasteiger partial charge in [-0.15, -0.1) is 0 Å². The summed E-state index contributed by atoms with van der Waals surface area (Å²) in [5.74, 6) is 0.0837. The first-order valence-electron chi connectivity index (χ1n) is 5.22. The summed E-state index contributed by atoms with van der Waals surface area (Å²) < 4.78 is 0. The maximum atomic E-state index is 9.50. The second-order valence-corrected chi connectivity index (χ2v) is 3.74. The summed E-state index contributed by atoms with van der Waals surface area (Å²) in [6, 6.07) is 6.28. The third-order valence-electron chi connectivity index (χ3n) is 2.34. The highest BCUT2D eigenvalue weighted by Gasteiger charge is 2.23. The van der Waals surface area contributed by atoms with E-state index in [2.05, 4.69) is 5.32 Å². The Morgan fingerprint density at radius 3 is 2.41 bits per heavy atom. The maximum absolute atomic E-state index is 9.50. The molecule has 0 amide bonds. The van der Waals surface area contributed by atoms with E-state index in [0.717, 1.165) is 0 Å². The Morgan fingerprint density at radius 1 is 1.12 bits per heavy atom. The topological polar surface area (TPSA) is 113 Å². The van der Waals surface area contributed by atoms with Gasteiger partial charge in [0.2, 0.25) is 0 Å². The lowest BCUT2D eigenvalue weighted by molar-refractivity contribution is -0.0715. The lowest BCUT2D eigenvalue weighted by Crippen LogP contribution is -2.42. The van der Waals surface area contributed by atoms with Gasteiger partial charge in [-0.1, -0.05) is 6.07 Å². The van der Waals surface area contributed by atoms with Gasteiger partial charge in [0.15, 0.2) is 0 Å². The van der Waals surface area contributed by atoms with E-state index < -0.39 is 24.9 Å². The molecule has 6 heteroatoms. The van der Waals surface area contributed by atoms with Crippen LogP contribution in [0.25, 0.3) is 0 Å². The summed E-state index contributed by atoms with van der Waals surface area (Å²) in [6.07, 6.45) is -4.03. The minimum atomic E-state index is -1.43. The molecule has 0 heterocycles. The van der Waals surface area contributed by atoms with Gasteiger partial charge in [0.25, 0.3) is 0 Å². The van der Waals surface area contributed by atoms with E-state index in [-0.39, 0.29) is 12.3 Å². The second-order valence-electron chi connectivity index (χ2n) is 3.74. The Labute approximate surface area is 98.8 Å². The van der Waals surface area contributed by atoms with Gasteiger partial charge in [-0.25, -0.2) is 0 Å². The van der Waals surface area contributed by atoms with Crippen LogP contribution in [0.4, 0.5) is 5.69 Å². The second kappa shape index (κ2) is 6.41. The number of aliphatic hydroxyl groups excluding tert-OH is 4. The number of benzene rings is 1. The molecule has 1 aromatic carbocycles. The number of anilines is 1. The number of hydrogen-bond acceptors (Lipinski definition) is 6. The molecule has 0 aliphatic carbocycles. The van der Waals surface area contributed by atoms with Crippen LogP contribution in [0, 0.1) is 0 Å². The molecule has 17 heavy (non-hydrogen) atoms. The van der Waals surface area contributed by atoms with E-state index in [1.807, 2.05) is 0 Å². The largest absolute Gasteiger partial charge is 0.508 e. The SMILES string of the molecule is OC[C@H](O)[C@H](O)[C@H](O)CNc1cccc(O)c1. The number of rotatable bonds is 6. The Morgan fingerprint density at radius 2 is 1.82 bits per heavy atom. The van der Waals surface area contributed by atoms with Crippen LogP contribution in [0.5, 0.6) is 5.75 Å². The molecule has 1 rings (SSSR count). The van der Waals surface area contributed by atoms with Gasteiger partial charge in [-0.05, 0) is 12.1 Å². The fraction of sp³-hybridized carbons (Fsp3) is 0.455. The van der Waals surface area contributed by atoms with E-state index in [1.165, 1.54) is 12.1 Å². The number of aromatic hydroxyl groups is 1. The van der Waals surface area contributed by atoms with Gasteiger partial charge in [0.1, 0.15) is 18.0 Å². The van der Waals surface area contributed by atoms with Crippen molar-refractivity contribution >= 4 is 5.69 Å². The van der Waals surface area contributed by atoms with Gasteiger partial charge in [-0.2, -0.15) is 0 Å². The zero-order valence-electron chi connectivity index (χ0n) is 9.19. The first-order valence-corrected chi connectivity index (χ1v) is 5.22. The van der Waals surface area contributed by atoms with Crippen molar-refractivity contribution < 1.29 is 25.5 Å².